The number of aromatic carboxylic acids is 1. The zero-order valence-corrected chi connectivity index (χ0v) is 17.0. The minimum Gasteiger partial charge on any atom is -0.477 e. The summed E-state index contributed by atoms with van der Waals surface area (Å²) in [5.74, 6) is -0.579. The molecule has 0 aliphatic rings. The topological polar surface area (TPSA) is 81.1 Å². The molecule has 4 aromatic rings. The molecule has 0 saturated heterocycles. The number of carboxylic acid groups (broad SMARTS) is 1. The monoisotopic (exact) mass is 453 g/mol. The Labute approximate surface area is 177 Å². The molecule has 0 aliphatic heterocycles. The fourth-order valence-electron chi connectivity index (χ4n) is 2.74. The van der Waals surface area contributed by atoms with E-state index in [9.17, 15) is 9.90 Å². The third kappa shape index (κ3) is 3.66. The molecule has 10 heteroatoms. The molecule has 0 atom stereocenters. The molecule has 3 aromatic heterocycles. The molecule has 0 amide bonds. The summed E-state index contributed by atoms with van der Waals surface area (Å²) in [6, 6.07) is 10.2. The van der Waals surface area contributed by atoms with Gasteiger partial charge in [-0.3, -0.25) is 4.68 Å². The number of hydrogen-bond donors (Lipinski definition) is 1. The summed E-state index contributed by atoms with van der Waals surface area (Å²) in [7, 11) is 0. The van der Waals surface area contributed by atoms with Crippen molar-refractivity contribution >= 4 is 52.1 Å². The van der Waals surface area contributed by atoms with Crippen molar-refractivity contribution < 1.29 is 14.4 Å². The normalized spacial score (nSPS) is 11.1. The average molecular weight is 455 g/mol. The molecule has 1 aromatic carbocycles. The number of thiophene rings is 1. The maximum atomic E-state index is 11.9. The van der Waals surface area contributed by atoms with Gasteiger partial charge in [0.15, 0.2) is 11.5 Å². The number of carbonyl (C=O) groups is 1. The molecule has 0 radical (unpaired) electrons. The SMILES string of the molecule is O=C(O)c1c(-c2ccc(Cl)cc2Cl)cnn1Cc1cc(-c2ccc(Cl)s2)on1. The Morgan fingerprint density at radius 2 is 1.96 bits per heavy atom. The van der Waals surface area contributed by atoms with Gasteiger partial charge in [0, 0.05) is 22.2 Å². The molecular weight excluding hydrogens is 445 g/mol. The van der Waals surface area contributed by atoms with E-state index in [0.717, 1.165) is 4.88 Å². The predicted molar refractivity (Wildman–Crippen MR) is 109 cm³/mol. The van der Waals surface area contributed by atoms with Crippen LogP contribution in [0.15, 0.2) is 47.1 Å². The Morgan fingerprint density at radius 1 is 1.14 bits per heavy atom. The number of nitrogens with zero attached hydrogens (tertiary/aromatic N) is 3. The average Bonchev–Trinajstić information content (AvgIpc) is 3.35. The van der Waals surface area contributed by atoms with Gasteiger partial charge in [0.05, 0.1) is 27.0 Å². The summed E-state index contributed by atoms with van der Waals surface area (Å²) in [5, 5.41) is 18.7. The zero-order chi connectivity index (χ0) is 19.8. The van der Waals surface area contributed by atoms with Crippen molar-refractivity contribution in [3.8, 4) is 21.8 Å². The first-order chi connectivity index (χ1) is 13.4. The fraction of sp³-hybridized carbons (Fsp3) is 0.0556. The lowest BCUT2D eigenvalue weighted by Gasteiger charge is -2.06. The van der Waals surface area contributed by atoms with E-state index in [-0.39, 0.29) is 12.2 Å². The number of carboxylic acids is 1. The summed E-state index contributed by atoms with van der Waals surface area (Å²) in [6.45, 7) is 0.120. The Morgan fingerprint density at radius 3 is 2.64 bits per heavy atom. The summed E-state index contributed by atoms with van der Waals surface area (Å²) in [5.41, 5.74) is 1.44. The fourth-order valence-corrected chi connectivity index (χ4v) is 4.24. The van der Waals surface area contributed by atoms with E-state index < -0.39 is 5.97 Å². The Kier molecular flexibility index (Phi) is 5.16. The number of aromatic nitrogens is 3. The first-order valence-electron chi connectivity index (χ1n) is 7.88. The van der Waals surface area contributed by atoms with Gasteiger partial charge in [-0.15, -0.1) is 11.3 Å². The number of halogens is 3. The number of benzene rings is 1. The molecule has 142 valence electrons. The highest BCUT2D eigenvalue weighted by atomic mass is 35.5. The lowest BCUT2D eigenvalue weighted by atomic mass is 10.1. The van der Waals surface area contributed by atoms with Gasteiger partial charge in [0.2, 0.25) is 0 Å². The molecule has 4 rings (SSSR count). The van der Waals surface area contributed by atoms with Crippen LogP contribution < -0.4 is 0 Å². The minimum atomic E-state index is -1.13. The zero-order valence-electron chi connectivity index (χ0n) is 13.9. The Bertz CT molecular complexity index is 1180. The van der Waals surface area contributed by atoms with E-state index in [1.54, 1.807) is 30.3 Å². The first-order valence-corrected chi connectivity index (χ1v) is 9.83. The van der Waals surface area contributed by atoms with Gasteiger partial charge in [0.25, 0.3) is 0 Å². The van der Waals surface area contributed by atoms with Gasteiger partial charge < -0.3 is 9.63 Å². The van der Waals surface area contributed by atoms with Crippen molar-refractivity contribution in [2.75, 3.05) is 0 Å². The van der Waals surface area contributed by atoms with Gasteiger partial charge in [-0.2, -0.15) is 5.10 Å². The van der Waals surface area contributed by atoms with Crippen LogP contribution in [0.25, 0.3) is 21.8 Å². The third-order valence-corrected chi connectivity index (χ3v) is 5.74. The number of rotatable bonds is 5. The molecule has 0 spiro atoms. The van der Waals surface area contributed by atoms with E-state index in [1.165, 1.54) is 22.2 Å². The largest absolute Gasteiger partial charge is 0.477 e. The van der Waals surface area contributed by atoms with Crippen molar-refractivity contribution in [3.63, 3.8) is 0 Å². The molecule has 0 bridgehead atoms. The quantitative estimate of drug-likeness (QED) is 0.401. The van der Waals surface area contributed by atoms with Crippen molar-refractivity contribution in [1.82, 2.24) is 14.9 Å². The maximum Gasteiger partial charge on any atom is 0.354 e. The van der Waals surface area contributed by atoms with Crippen molar-refractivity contribution in [2.24, 2.45) is 0 Å². The van der Waals surface area contributed by atoms with Crippen LogP contribution >= 0.6 is 46.1 Å². The second-order valence-corrected chi connectivity index (χ2v) is 8.34. The standard InChI is InChI=1S/C18H10Cl3N3O3S/c19-9-1-2-11(13(20)5-9)12-7-22-24(17(12)18(25)26)8-10-6-14(27-23-10)15-3-4-16(21)28-15/h1-7H,8H2,(H,25,26). The Balaban J connectivity index is 1.68. The van der Waals surface area contributed by atoms with Crippen LogP contribution in [0.1, 0.15) is 16.2 Å². The van der Waals surface area contributed by atoms with E-state index >= 15 is 0 Å². The lowest BCUT2D eigenvalue weighted by molar-refractivity contribution is 0.0684. The molecule has 28 heavy (non-hydrogen) atoms. The molecule has 3 heterocycles. The van der Waals surface area contributed by atoms with Crippen molar-refractivity contribution in [3.05, 3.63) is 68.4 Å². The highest BCUT2D eigenvalue weighted by molar-refractivity contribution is 7.19. The van der Waals surface area contributed by atoms with E-state index in [2.05, 4.69) is 10.3 Å². The van der Waals surface area contributed by atoms with Crippen molar-refractivity contribution in [1.29, 1.82) is 0 Å². The van der Waals surface area contributed by atoms with E-state index in [1.807, 2.05) is 6.07 Å². The highest BCUT2D eigenvalue weighted by Crippen LogP contribution is 2.34. The maximum absolute atomic E-state index is 11.9. The molecule has 1 N–H and O–H groups in total. The summed E-state index contributed by atoms with van der Waals surface area (Å²) < 4.78 is 7.31. The summed E-state index contributed by atoms with van der Waals surface area (Å²) in [4.78, 5) is 12.7. The second-order valence-electron chi connectivity index (χ2n) is 5.78. The van der Waals surface area contributed by atoms with Gasteiger partial charge in [-0.25, -0.2) is 4.79 Å². The van der Waals surface area contributed by atoms with Crippen molar-refractivity contribution in [2.45, 2.75) is 6.54 Å². The van der Waals surface area contributed by atoms with Crippen LogP contribution in [0, 0.1) is 0 Å². The number of hydrogen-bond acceptors (Lipinski definition) is 5. The van der Waals surface area contributed by atoms with Crippen LogP contribution in [0.3, 0.4) is 0 Å². The predicted octanol–water partition coefficient (Wildman–Crippen LogP) is 5.97. The third-order valence-electron chi connectivity index (χ3n) is 3.95. The smallest absolute Gasteiger partial charge is 0.354 e. The van der Waals surface area contributed by atoms with E-state index in [0.29, 0.717) is 37.0 Å². The highest BCUT2D eigenvalue weighted by Gasteiger charge is 2.22. The van der Waals surface area contributed by atoms with Gasteiger partial charge >= 0.3 is 5.97 Å². The molecule has 0 saturated carbocycles. The molecule has 0 fully saturated rings. The van der Waals surface area contributed by atoms with Gasteiger partial charge in [-0.1, -0.05) is 46.0 Å². The molecule has 0 unspecified atom stereocenters. The van der Waals surface area contributed by atoms with Crippen LogP contribution in [-0.2, 0) is 6.54 Å². The molecule has 0 aliphatic carbocycles. The van der Waals surface area contributed by atoms with Gasteiger partial charge in [-0.05, 0) is 24.3 Å². The van der Waals surface area contributed by atoms with Crippen LogP contribution in [-0.4, -0.2) is 26.0 Å². The Hall–Kier alpha value is -2.32. The second kappa shape index (κ2) is 7.60. The van der Waals surface area contributed by atoms with Crippen LogP contribution in [0.2, 0.25) is 14.4 Å². The lowest BCUT2D eigenvalue weighted by Crippen LogP contribution is -2.12. The molecular formula is C18H10Cl3N3O3S. The summed E-state index contributed by atoms with van der Waals surface area (Å²) >= 11 is 19.5. The van der Waals surface area contributed by atoms with Gasteiger partial charge in [0.1, 0.15) is 5.69 Å². The van der Waals surface area contributed by atoms with Crippen LogP contribution in [0.5, 0.6) is 0 Å². The molecule has 6 nitrogen and oxygen atoms in total. The summed E-state index contributed by atoms with van der Waals surface area (Å²) in [6.07, 6.45) is 1.46. The minimum absolute atomic E-state index is 0.00654. The first kappa shape index (κ1) is 19.0. The van der Waals surface area contributed by atoms with Crippen LogP contribution in [0.4, 0.5) is 0 Å². The van der Waals surface area contributed by atoms with E-state index in [4.69, 9.17) is 39.3 Å².